The summed E-state index contributed by atoms with van der Waals surface area (Å²) < 4.78 is 17.0. The molecule has 8 heteroatoms. The molecule has 0 aliphatic rings. The maximum Gasteiger partial charge on any atom is 0.201 e. The Hall–Kier alpha value is -2.15. The minimum absolute atomic E-state index is 0.0239. The van der Waals surface area contributed by atoms with Crippen LogP contribution in [0.1, 0.15) is 5.82 Å². The first kappa shape index (κ1) is 11.9. The van der Waals surface area contributed by atoms with Crippen molar-refractivity contribution in [2.45, 2.75) is 6.54 Å². The molecule has 0 unspecified atom stereocenters. The Morgan fingerprint density at radius 1 is 1.42 bits per heavy atom. The van der Waals surface area contributed by atoms with Crippen LogP contribution < -0.4 is 5.73 Å². The number of benzene rings is 1. The van der Waals surface area contributed by atoms with Crippen LogP contribution in [0.15, 0.2) is 18.5 Å². The molecule has 0 fully saturated rings. The Bertz CT molecular complexity index is 762. The second-order valence-corrected chi connectivity index (χ2v) is 4.58. The first-order valence-corrected chi connectivity index (χ1v) is 5.87. The maximum atomic E-state index is 13.5. The van der Waals surface area contributed by atoms with Gasteiger partial charge in [0.25, 0.3) is 0 Å². The number of aromatic nitrogens is 5. The van der Waals surface area contributed by atoms with Crippen molar-refractivity contribution >= 4 is 28.6 Å². The Kier molecular flexibility index (Phi) is 2.63. The summed E-state index contributed by atoms with van der Waals surface area (Å²) in [4.78, 5) is 4.16. The van der Waals surface area contributed by atoms with E-state index < -0.39 is 5.82 Å². The highest BCUT2D eigenvalue weighted by Gasteiger charge is 2.13. The molecule has 19 heavy (non-hydrogen) atoms. The van der Waals surface area contributed by atoms with Crippen LogP contribution in [0.3, 0.4) is 0 Å². The number of hydrogen-bond donors (Lipinski definition) is 1. The molecule has 3 rings (SSSR count). The number of fused-ring (bicyclic) bond motifs is 1. The lowest BCUT2D eigenvalue weighted by atomic mass is 10.3. The van der Waals surface area contributed by atoms with E-state index in [0.717, 1.165) is 0 Å². The van der Waals surface area contributed by atoms with Gasteiger partial charge in [0.1, 0.15) is 12.1 Å². The molecule has 0 aliphatic carbocycles. The number of rotatable bonds is 2. The van der Waals surface area contributed by atoms with Crippen LogP contribution >= 0.6 is 11.6 Å². The zero-order valence-electron chi connectivity index (χ0n) is 10.0. The summed E-state index contributed by atoms with van der Waals surface area (Å²) in [7, 11) is 1.82. The summed E-state index contributed by atoms with van der Waals surface area (Å²) in [5.41, 5.74) is 6.97. The van der Waals surface area contributed by atoms with E-state index in [-0.39, 0.29) is 11.0 Å². The zero-order valence-corrected chi connectivity index (χ0v) is 10.8. The topological polar surface area (TPSA) is 74.5 Å². The summed E-state index contributed by atoms with van der Waals surface area (Å²) in [5.74, 6) is 0.467. The maximum absolute atomic E-state index is 13.5. The van der Waals surface area contributed by atoms with Gasteiger partial charge in [-0.25, -0.2) is 9.37 Å². The summed E-state index contributed by atoms with van der Waals surface area (Å²) in [6, 6.07) is 2.77. The predicted molar refractivity (Wildman–Crippen MR) is 69.2 cm³/mol. The fraction of sp³-hybridized carbons (Fsp3) is 0.182. The van der Waals surface area contributed by atoms with Gasteiger partial charge in [0.15, 0.2) is 5.82 Å². The number of hydrogen-bond acceptors (Lipinski definition) is 4. The summed E-state index contributed by atoms with van der Waals surface area (Å²) in [6.07, 6.45) is 1.59. The fourth-order valence-electron chi connectivity index (χ4n) is 1.90. The van der Waals surface area contributed by atoms with E-state index in [9.17, 15) is 4.39 Å². The molecular weight excluding hydrogens is 271 g/mol. The number of imidazole rings is 1. The normalized spacial score (nSPS) is 11.3. The number of nitrogens with zero attached hydrogens (tertiary/aromatic N) is 5. The van der Waals surface area contributed by atoms with Crippen molar-refractivity contribution in [1.82, 2.24) is 24.3 Å². The highest BCUT2D eigenvalue weighted by atomic mass is 35.5. The van der Waals surface area contributed by atoms with Crippen LogP contribution in [0.25, 0.3) is 11.0 Å². The quantitative estimate of drug-likeness (QED) is 0.773. The lowest BCUT2D eigenvalue weighted by Gasteiger charge is -2.05. The SMILES string of the molecule is Cn1cnnc1Cn1c(N)nc2cc(Cl)c(F)cc21. The van der Waals surface area contributed by atoms with Crippen LogP contribution in [-0.4, -0.2) is 24.3 Å². The highest BCUT2D eigenvalue weighted by molar-refractivity contribution is 6.31. The third-order valence-electron chi connectivity index (χ3n) is 2.92. The van der Waals surface area contributed by atoms with Crippen LogP contribution in [-0.2, 0) is 13.6 Å². The molecule has 0 amide bonds. The van der Waals surface area contributed by atoms with Gasteiger partial charge in [-0.2, -0.15) is 0 Å². The van der Waals surface area contributed by atoms with E-state index in [1.54, 1.807) is 15.5 Å². The number of halogens is 2. The van der Waals surface area contributed by atoms with E-state index in [1.165, 1.54) is 12.1 Å². The van der Waals surface area contributed by atoms with Gasteiger partial charge in [-0.05, 0) is 6.07 Å². The van der Waals surface area contributed by atoms with Gasteiger partial charge in [-0.15, -0.1) is 10.2 Å². The van der Waals surface area contributed by atoms with Gasteiger partial charge in [0.05, 0.1) is 22.6 Å². The Morgan fingerprint density at radius 2 is 2.21 bits per heavy atom. The number of aryl methyl sites for hydroxylation is 1. The molecule has 0 saturated heterocycles. The Balaban J connectivity index is 2.15. The molecule has 2 N–H and O–H groups in total. The molecule has 98 valence electrons. The molecule has 0 spiro atoms. The average Bonchev–Trinajstić information content (AvgIpc) is 2.88. The van der Waals surface area contributed by atoms with Crippen LogP contribution in [0.4, 0.5) is 10.3 Å². The smallest absolute Gasteiger partial charge is 0.201 e. The first-order valence-electron chi connectivity index (χ1n) is 5.50. The van der Waals surface area contributed by atoms with Crippen molar-refractivity contribution in [2.24, 2.45) is 7.05 Å². The van der Waals surface area contributed by atoms with Crippen molar-refractivity contribution in [2.75, 3.05) is 5.73 Å². The number of anilines is 1. The highest BCUT2D eigenvalue weighted by Crippen LogP contribution is 2.25. The molecule has 3 aromatic rings. The average molecular weight is 281 g/mol. The first-order chi connectivity index (χ1) is 9.06. The zero-order chi connectivity index (χ0) is 13.6. The van der Waals surface area contributed by atoms with E-state index in [2.05, 4.69) is 15.2 Å². The summed E-state index contributed by atoms with van der Waals surface area (Å²) in [6.45, 7) is 0.361. The Morgan fingerprint density at radius 3 is 2.89 bits per heavy atom. The molecule has 6 nitrogen and oxygen atoms in total. The largest absolute Gasteiger partial charge is 0.369 e. The second-order valence-electron chi connectivity index (χ2n) is 4.17. The van der Waals surface area contributed by atoms with Gasteiger partial charge >= 0.3 is 0 Å². The third kappa shape index (κ3) is 1.91. The standard InChI is InChI=1S/C11H10ClFN6/c1-18-5-15-17-10(18)4-19-9-3-7(13)6(12)2-8(9)16-11(19)14/h2-3,5H,4H2,1H3,(H2,14,16). The minimum atomic E-state index is -0.506. The van der Waals surface area contributed by atoms with Crippen LogP contribution in [0, 0.1) is 5.82 Å². The summed E-state index contributed by atoms with van der Waals surface area (Å²) >= 11 is 5.73. The van der Waals surface area contributed by atoms with Crippen molar-refractivity contribution in [3.8, 4) is 0 Å². The van der Waals surface area contributed by atoms with E-state index in [4.69, 9.17) is 17.3 Å². The van der Waals surface area contributed by atoms with Crippen molar-refractivity contribution < 1.29 is 4.39 Å². The van der Waals surface area contributed by atoms with E-state index in [1.807, 2.05) is 7.05 Å². The predicted octanol–water partition coefficient (Wildman–Crippen LogP) is 1.59. The molecule has 1 aromatic carbocycles. The van der Waals surface area contributed by atoms with Gasteiger partial charge in [-0.3, -0.25) is 0 Å². The fourth-order valence-corrected chi connectivity index (χ4v) is 2.05. The molecule has 0 saturated carbocycles. The Labute approximate surface area is 112 Å². The van der Waals surface area contributed by atoms with E-state index in [0.29, 0.717) is 23.4 Å². The van der Waals surface area contributed by atoms with E-state index >= 15 is 0 Å². The molecule has 2 aromatic heterocycles. The van der Waals surface area contributed by atoms with Crippen molar-refractivity contribution in [1.29, 1.82) is 0 Å². The third-order valence-corrected chi connectivity index (χ3v) is 3.21. The lowest BCUT2D eigenvalue weighted by molar-refractivity contribution is 0.628. The second kappa shape index (κ2) is 4.20. The molecule has 0 atom stereocenters. The monoisotopic (exact) mass is 280 g/mol. The summed E-state index contributed by atoms with van der Waals surface area (Å²) in [5, 5.41) is 7.78. The van der Waals surface area contributed by atoms with Gasteiger partial charge < -0.3 is 14.9 Å². The van der Waals surface area contributed by atoms with Gasteiger partial charge in [-0.1, -0.05) is 11.6 Å². The molecule has 0 bridgehead atoms. The van der Waals surface area contributed by atoms with Crippen molar-refractivity contribution in [3.63, 3.8) is 0 Å². The lowest BCUT2D eigenvalue weighted by Crippen LogP contribution is -2.08. The number of nitrogen functional groups attached to an aromatic ring is 1. The molecule has 2 heterocycles. The van der Waals surface area contributed by atoms with Crippen molar-refractivity contribution in [3.05, 3.63) is 35.1 Å². The van der Waals surface area contributed by atoms with Gasteiger partial charge in [0, 0.05) is 13.1 Å². The molecule has 0 radical (unpaired) electrons. The molecular formula is C11H10ClFN6. The number of nitrogens with two attached hydrogens (primary N) is 1. The van der Waals surface area contributed by atoms with Gasteiger partial charge in [0.2, 0.25) is 5.95 Å². The van der Waals surface area contributed by atoms with Crippen LogP contribution in [0.5, 0.6) is 0 Å². The minimum Gasteiger partial charge on any atom is -0.369 e. The molecule has 0 aliphatic heterocycles. The van der Waals surface area contributed by atoms with Crippen LogP contribution in [0.2, 0.25) is 5.02 Å².